The maximum absolute atomic E-state index is 13.0. The maximum Gasteiger partial charge on any atom is 0.250 e. The summed E-state index contributed by atoms with van der Waals surface area (Å²) in [5.74, 6) is 0.676. The number of nitrogens with zero attached hydrogens (tertiary/aromatic N) is 3. The highest BCUT2D eigenvalue weighted by Crippen LogP contribution is 2.37. The number of hydrogen-bond donors (Lipinski definition) is 0. The van der Waals surface area contributed by atoms with Crippen molar-refractivity contribution in [2.75, 3.05) is 18.0 Å². The molecule has 0 radical (unpaired) electrons. The van der Waals surface area contributed by atoms with Gasteiger partial charge in [0.15, 0.2) is 6.19 Å². The normalized spacial score (nSPS) is 24.9. The molecule has 2 unspecified atom stereocenters. The van der Waals surface area contributed by atoms with E-state index in [4.69, 9.17) is 0 Å². The molecule has 2 aliphatic heterocycles. The third kappa shape index (κ3) is 2.74. The standard InChI is InChI=1S/C21H23N3O/c1-15-7-9-16(10-8-15)17-4-2-5-19-18(17)11-13-24(19)21(25)20-6-3-12-23(20)14-22/h2,4-5,7,9-10,15,20H,3,6,8,11-13H2,1H3. The second-order valence-corrected chi connectivity index (χ2v) is 7.23. The van der Waals surface area contributed by atoms with E-state index >= 15 is 0 Å². The SMILES string of the molecule is CC1C=CC(c2cccc3c2CCN3C(=O)C2CCCN2C#N)=CC1. The largest absolute Gasteiger partial charge is 0.310 e. The monoisotopic (exact) mass is 333 g/mol. The van der Waals surface area contributed by atoms with Gasteiger partial charge in [-0.15, -0.1) is 0 Å². The molecule has 1 fully saturated rings. The Morgan fingerprint density at radius 2 is 2.20 bits per heavy atom. The minimum absolute atomic E-state index is 0.0803. The van der Waals surface area contributed by atoms with Gasteiger partial charge in [0, 0.05) is 18.8 Å². The third-order valence-corrected chi connectivity index (χ3v) is 5.58. The van der Waals surface area contributed by atoms with Crippen LogP contribution in [0.25, 0.3) is 5.57 Å². The Balaban J connectivity index is 1.64. The van der Waals surface area contributed by atoms with Gasteiger partial charge in [-0.25, -0.2) is 0 Å². The Labute approximate surface area is 149 Å². The number of nitriles is 1. The second-order valence-electron chi connectivity index (χ2n) is 7.23. The molecule has 0 bridgehead atoms. The predicted molar refractivity (Wildman–Crippen MR) is 98.7 cm³/mol. The number of anilines is 1. The molecule has 0 N–H and O–H groups in total. The smallest absolute Gasteiger partial charge is 0.250 e. The van der Waals surface area contributed by atoms with Crippen LogP contribution >= 0.6 is 0 Å². The van der Waals surface area contributed by atoms with Crippen molar-refractivity contribution in [3.05, 3.63) is 47.6 Å². The first-order valence-electron chi connectivity index (χ1n) is 9.17. The highest BCUT2D eigenvalue weighted by atomic mass is 16.2. The van der Waals surface area contributed by atoms with E-state index in [1.165, 1.54) is 16.7 Å². The fourth-order valence-corrected chi connectivity index (χ4v) is 4.18. The molecule has 0 spiro atoms. The lowest BCUT2D eigenvalue weighted by Gasteiger charge is -2.25. The lowest BCUT2D eigenvalue weighted by molar-refractivity contribution is -0.121. The maximum atomic E-state index is 13.0. The van der Waals surface area contributed by atoms with E-state index < -0.39 is 0 Å². The Morgan fingerprint density at radius 1 is 1.32 bits per heavy atom. The summed E-state index contributed by atoms with van der Waals surface area (Å²) in [4.78, 5) is 16.5. The molecule has 3 aliphatic rings. The van der Waals surface area contributed by atoms with Crippen LogP contribution in [-0.2, 0) is 11.2 Å². The van der Waals surface area contributed by atoms with Crippen LogP contribution in [0.2, 0.25) is 0 Å². The fraction of sp³-hybridized carbons (Fsp3) is 0.429. The second kappa shape index (κ2) is 6.40. The summed E-state index contributed by atoms with van der Waals surface area (Å²) in [6.07, 6.45) is 12.6. The number of rotatable bonds is 2. The van der Waals surface area contributed by atoms with E-state index in [-0.39, 0.29) is 11.9 Å². The average Bonchev–Trinajstić information content (AvgIpc) is 3.28. The number of carbonyl (C=O) groups excluding carboxylic acids is 1. The summed E-state index contributed by atoms with van der Waals surface area (Å²) in [5.41, 5.74) is 4.81. The highest BCUT2D eigenvalue weighted by molar-refractivity contribution is 6.00. The van der Waals surface area contributed by atoms with Gasteiger partial charge in [0.2, 0.25) is 5.91 Å². The molecule has 128 valence electrons. The van der Waals surface area contributed by atoms with Crippen LogP contribution < -0.4 is 4.90 Å². The molecule has 4 rings (SSSR count). The topological polar surface area (TPSA) is 47.3 Å². The molecule has 25 heavy (non-hydrogen) atoms. The number of benzene rings is 1. The van der Waals surface area contributed by atoms with E-state index in [0.29, 0.717) is 19.0 Å². The first-order chi connectivity index (χ1) is 12.2. The minimum atomic E-state index is -0.283. The molecule has 2 heterocycles. The zero-order valence-corrected chi connectivity index (χ0v) is 14.6. The van der Waals surface area contributed by atoms with Crippen molar-refractivity contribution in [2.24, 2.45) is 5.92 Å². The van der Waals surface area contributed by atoms with Gasteiger partial charge >= 0.3 is 0 Å². The Bertz CT molecular complexity index is 802. The Hall–Kier alpha value is -2.54. The molecule has 1 saturated heterocycles. The number of amides is 1. The van der Waals surface area contributed by atoms with Crippen molar-refractivity contribution in [2.45, 2.75) is 38.6 Å². The third-order valence-electron chi connectivity index (χ3n) is 5.58. The van der Waals surface area contributed by atoms with Gasteiger partial charge < -0.3 is 4.90 Å². The summed E-state index contributed by atoms with van der Waals surface area (Å²) >= 11 is 0. The number of fused-ring (bicyclic) bond motifs is 1. The first-order valence-corrected chi connectivity index (χ1v) is 9.17. The van der Waals surface area contributed by atoms with Gasteiger partial charge in [0.05, 0.1) is 0 Å². The van der Waals surface area contributed by atoms with Crippen molar-refractivity contribution < 1.29 is 4.79 Å². The average molecular weight is 333 g/mol. The minimum Gasteiger partial charge on any atom is -0.310 e. The van der Waals surface area contributed by atoms with Crippen LogP contribution in [0.5, 0.6) is 0 Å². The molecule has 1 aliphatic carbocycles. The van der Waals surface area contributed by atoms with E-state index in [1.54, 1.807) is 4.90 Å². The van der Waals surface area contributed by atoms with Crippen LogP contribution in [0.15, 0.2) is 36.4 Å². The van der Waals surface area contributed by atoms with Crippen LogP contribution in [0.1, 0.15) is 37.3 Å². The first kappa shape index (κ1) is 16.0. The summed E-state index contributed by atoms with van der Waals surface area (Å²) < 4.78 is 0. The molecule has 4 heteroatoms. The molecule has 1 amide bonds. The number of allylic oxidation sites excluding steroid dienone is 4. The van der Waals surface area contributed by atoms with Crippen molar-refractivity contribution in [3.63, 3.8) is 0 Å². The molecule has 4 nitrogen and oxygen atoms in total. The van der Waals surface area contributed by atoms with Crippen LogP contribution in [0.4, 0.5) is 5.69 Å². The van der Waals surface area contributed by atoms with Crippen LogP contribution in [0.3, 0.4) is 0 Å². The van der Waals surface area contributed by atoms with Gasteiger partial charge in [-0.05, 0) is 54.4 Å². The number of hydrogen-bond acceptors (Lipinski definition) is 3. The van der Waals surface area contributed by atoms with Crippen LogP contribution in [0, 0.1) is 17.4 Å². The molecule has 1 aromatic carbocycles. The summed E-state index contributed by atoms with van der Waals surface area (Å²) in [6, 6.07) is 5.97. The van der Waals surface area contributed by atoms with Gasteiger partial charge in [-0.3, -0.25) is 9.69 Å². The summed E-state index contributed by atoms with van der Waals surface area (Å²) in [5, 5.41) is 9.25. The van der Waals surface area contributed by atoms with Crippen molar-refractivity contribution in [1.29, 1.82) is 5.26 Å². The van der Waals surface area contributed by atoms with Gasteiger partial charge in [0.1, 0.15) is 6.04 Å². The number of carbonyl (C=O) groups is 1. The lowest BCUT2D eigenvalue weighted by Crippen LogP contribution is -2.43. The molecule has 0 aromatic heterocycles. The van der Waals surface area contributed by atoms with E-state index in [0.717, 1.165) is 31.4 Å². The molecule has 1 aromatic rings. The van der Waals surface area contributed by atoms with Gasteiger partial charge in [-0.1, -0.05) is 37.3 Å². The zero-order valence-electron chi connectivity index (χ0n) is 14.6. The van der Waals surface area contributed by atoms with E-state index in [1.807, 2.05) is 17.0 Å². The van der Waals surface area contributed by atoms with Crippen molar-refractivity contribution in [3.8, 4) is 6.19 Å². The quantitative estimate of drug-likeness (QED) is 0.778. The Kier molecular flexibility index (Phi) is 4.09. The van der Waals surface area contributed by atoms with Crippen molar-refractivity contribution in [1.82, 2.24) is 4.90 Å². The van der Waals surface area contributed by atoms with Crippen molar-refractivity contribution >= 4 is 17.2 Å². The number of likely N-dealkylation sites (tertiary alicyclic amines) is 1. The molecule has 2 atom stereocenters. The highest BCUT2D eigenvalue weighted by Gasteiger charge is 2.36. The molecular weight excluding hydrogens is 310 g/mol. The van der Waals surface area contributed by atoms with Crippen LogP contribution in [-0.4, -0.2) is 29.9 Å². The van der Waals surface area contributed by atoms with Gasteiger partial charge in [0.25, 0.3) is 0 Å². The van der Waals surface area contributed by atoms with Gasteiger partial charge in [-0.2, -0.15) is 5.26 Å². The summed E-state index contributed by atoms with van der Waals surface area (Å²) in [6.45, 7) is 3.64. The van der Waals surface area contributed by atoms with E-state index in [9.17, 15) is 10.1 Å². The summed E-state index contributed by atoms with van der Waals surface area (Å²) in [7, 11) is 0. The van der Waals surface area contributed by atoms with E-state index in [2.05, 4.69) is 37.4 Å². The fourth-order valence-electron chi connectivity index (χ4n) is 4.18. The molecular formula is C21H23N3O. The zero-order chi connectivity index (χ0) is 17.4. The Morgan fingerprint density at radius 3 is 2.96 bits per heavy atom. The lowest BCUT2D eigenvalue weighted by atomic mass is 9.91. The molecule has 0 saturated carbocycles. The predicted octanol–water partition coefficient (Wildman–Crippen LogP) is 3.50.